The molecule has 1 unspecified atom stereocenters. The molecule has 2 fully saturated rings. The molecule has 1 aliphatic carbocycles. The first-order valence-corrected chi connectivity index (χ1v) is 10.1. The minimum Gasteiger partial charge on any atom is -0.497 e. The molecule has 30 heavy (non-hydrogen) atoms. The zero-order valence-corrected chi connectivity index (χ0v) is 17.1. The van der Waals surface area contributed by atoms with Crippen LogP contribution in [0.1, 0.15) is 31.2 Å². The average Bonchev–Trinajstić information content (AvgIpc) is 3.12. The lowest BCUT2D eigenvalue weighted by atomic mass is 9.71. The predicted molar refractivity (Wildman–Crippen MR) is 110 cm³/mol. The van der Waals surface area contributed by atoms with E-state index in [1.54, 1.807) is 49.5 Å². The lowest BCUT2D eigenvalue weighted by Gasteiger charge is -2.43. The number of rotatable bonds is 6. The van der Waals surface area contributed by atoms with Gasteiger partial charge in [-0.25, -0.2) is 4.39 Å². The maximum absolute atomic E-state index is 13.3. The molecule has 158 valence electrons. The first-order valence-electron chi connectivity index (χ1n) is 10.1. The Morgan fingerprint density at radius 2 is 1.87 bits per heavy atom. The van der Waals surface area contributed by atoms with E-state index >= 15 is 0 Å². The monoisotopic (exact) mass is 412 g/mol. The van der Waals surface area contributed by atoms with Gasteiger partial charge in [0.05, 0.1) is 31.4 Å². The summed E-state index contributed by atoms with van der Waals surface area (Å²) in [6.07, 6.45) is 2.73. The molecule has 0 bridgehead atoms. The van der Waals surface area contributed by atoms with Crippen molar-refractivity contribution in [3.05, 3.63) is 53.8 Å². The standard InChI is InChI=1S/C23H25FN2O4/c1-29-18-8-9-20(30-2)19(13-18)26-14-15(12-21(26)27)22(28)25-23(10-3-11-23)16-4-6-17(24)7-5-16/h4-9,13,15H,3,10-12,14H2,1-2H3,(H,25,28). The summed E-state index contributed by atoms with van der Waals surface area (Å²) < 4.78 is 24.0. The SMILES string of the molecule is COc1ccc(OC)c(N2CC(C(=O)NC3(c4ccc(F)cc4)CCC3)CC2=O)c1. The molecular weight excluding hydrogens is 387 g/mol. The van der Waals surface area contributed by atoms with Crippen molar-refractivity contribution in [2.45, 2.75) is 31.2 Å². The van der Waals surface area contributed by atoms with Crippen molar-refractivity contribution in [2.75, 3.05) is 25.7 Å². The van der Waals surface area contributed by atoms with Crippen molar-refractivity contribution in [3.8, 4) is 11.5 Å². The lowest BCUT2D eigenvalue weighted by Crippen LogP contribution is -2.52. The van der Waals surface area contributed by atoms with Crippen LogP contribution in [-0.2, 0) is 15.1 Å². The van der Waals surface area contributed by atoms with E-state index in [9.17, 15) is 14.0 Å². The molecule has 6 nitrogen and oxygen atoms in total. The van der Waals surface area contributed by atoms with Gasteiger partial charge in [0.25, 0.3) is 0 Å². The molecule has 4 rings (SSSR count). The highest BCUT2D eigenvalue weighted by Crippen LogP contribution is 2.42. The normalized spacial score (nSPS) is 19.9. The van der Waals surface area contributed by atoms with Crippen LogP contribution in [-0.4, -0.2) is 32.6 Å². The van der Waals surface area contributed by atoms with Crippen LogP contribution in [0.4, 0.5) is 10.1 Å². The number of carbonyl (C=O) groups excluding carboxylic acids is 2. The van der Waals surface area contributed by atoms with Crippen LogP contribution < -0.4 is 19.7 Å². The minimum absolute atomic E-state index is 0.131. The van der Waals surface area contributed by atoms with Crippen LogP contribution in [0.2, 0.25) is 0 Å². The second-order valence-corrected chi connectivity index (χ2v) is 7.87. The first kappa shape index (κ1) is 20.2. The van der Waals surface area contributed by atoms with Gasteiger partial charge in [-0.05, 0) is 49.1 Å². The molecule has 7 heteroatoms. The Hall–Kier alpha value is -3.09. The maximum Gasteiger partial charge on any atom is 0.227 e. The number of anilines is 1. The van der Waals surface area contributed by atoms with Crippen LogP contribution in [0.15, 0.2) is 42.5 Å². The molecule has 2 aliphatic rings. The van der Waals surface area contributed by atoms with Crippen LogP contribution in [0.5, 0.6) is 11.5 Å². The van der Waals surface area contributed by atoms with Crippen molar-refractivity contribution in [2.24, 2.45) is 5.92 Å². The zero-order chi connectivity index (χ0) is 21.3. The van der Waals surface area contributed by atoms with Gasteiger partial charge >= 0.3 is 0 Å². The number of nitrogens with one attached hydrogen (secondary N) is 1. The smallest absolute Gasteiger partial charge is 0.227 e. The molecule has 1 aliphatic heterocycles. The van der Waals surface area contributed by atoms with Gasteiger partial charge in [0.2, 0.25) is 11.8 Å². The summed E-state index contributed by atoms with van der Waals surface area (Å²) in [7, 11) is 3.10. The first-order chi connectivity index (χ1) is 14.5. The van der Waals surface area contributed by atoms with E-state index in [0.29, 0.717) is 17.2 Å². The topological polar surface area (TPSA) is 67.9 Å². The highest BCUT2D eigenvalue weighted by molar-refractivity contribution is 6.01. The number of nitrogens with zero attached hydrogens (tertiary/aromatic N) is 1. The fourth-order valence-corrected chi connectivity index (χ4v) is 4.25. The molecular formula is C23H25FN2O4. The Morgan fingerprint density at radius 1 is 1.13 bits per heavy atom. The van der Waals surface area contributed by atoms with Crippen LogP contribution in [0, 0.1) is 11.7 Å². The summed E-state index contributed by atoms with van der Waals surface area (Å²) in [6.45, 7) is 0.272. The zero-order valence-electron chi connectivity index (χ0n) is 17.1. The van der Waals surface area contributed by atoms with Crippen molar-refractivity contribution in [1.29, 1.82) is 0 Å². The number of hydrogen-bond donors (Lipinski definition) is 1. The number of carbonyl (C=O) groups is 2. The van der Waals surface area contributed by atoms with E-state index in [1.165, 1.54) is 12.1 Å². The van der Waals surface area contributed by atoms with Crippen molar-refractivity contribution >= 4 is 17.5 Å². The minimum atomic E-state index is -0.477. The van der Waals surface area contributed by atoms with Gasteiger partial charge in [0, 0.05) is 19.0 Å². The fourth-order valence-electron chi connectivity index (χ4n) is 4.25. The Labute approximate surface area is 175 Å². The largest absolute Gasteiger partial charge is 0.497 e. The number of ether oxygens (including phenoxy) is 2. The summed E-state index contributed by atoms with van der Waals surface area (Å²) in [5, 5.41) is 3.16. The third kappa shape index (κ3) is 3.60. The quantitative estimate of drug-likeness (QED) is 0.790. The van der Waals surface area contributed by atoms with E-state index in [1.807, 2.05) is 0 Å². The second kappa shape index (κ2) is 7.97. The molecule has 0 spiro atoms. The van der Waals surface area contributed by atoms with Crippen molar-refractivity contribution in [1.82, 2.24) is 5.32 Å². The summed E-state index contributed by atoms with van der Waals surface area (Å²) in [5.41, 5.74) is 1.02. The van der Waals surface area contributed by atoms with Gasteiger partial charge in [-0.15, -0.1) is 0 Å². The van der Waals surface area contributed by atoms with E-state index in [4.69, 9.17) is 9.47 Å². The number of halogens is 1. The summed E-state index contributed by atoms with van der Waals surface area (Å²) in [6, 6.07) is 11.5. The third-order valence-electron chi connectivity index (χ3n) is 6.14. The van der Waals surface area contributed by atoms with E-state index in [0.717, 1.165) is 24.8 Å². The highest BCUT2D eigenvalue weighted by atomic mass is 19.1. The van der Waals surface area contributed by atoms with Gasteiger partial charge in [0.1, 0.15) is 17.3 Å². The summed E-state index contributed by atoms with van der Waals surface area (Å²) in [4.78, 5) is 27.4. The molecule has 2 amide bonds. The predicted octanol–water partition coefficient (Wildman–Crippen LogP) is 3.39. The Kier molecular flexibility index (Phi) is 5.37. The van der Waals surface area contributed by atoms with Crippen LogP contribution in [0.3, 0.4) is 0 Å². The Balaban J connectivity index is 1.51. The molecule has 2 aromatic carbocycles. The number of methoxy groups -OCH3 is 2. The Bertz CT molecular complexity index is 956. The molecule has 0 aromatic heterocycles. The molecule has 0 radical (unpaired) electrons. The lowest BCUT2D eigenvalue weighted by molar-refractivity contribution is -0.129. The second-order valence-electron chi connectivity index (χ2n) is 7.87. The van der Waals surface area contributed by atoms with Gasteiger partial charge in [-0.1, -0.05) is 12.1 Å². The summed E-state index contributed by atoms with van der Waals surface area (Å²) in [5.74, 6) is 0.0984. The van der Waals surface area contributed by atoms with Gasteiger partial charge in [0.15, 0.2) is 0 Å². The van der Waals surface area contributed by atoms with Crippen LogP contribution >= 0.6 is 0 Å². The fraction of sp³-hybridized carbons (Fsp3) is 0.391. The molecule has 1 saturated carbocycles. The van der Waals surface area contributed by atoms with E-state index in [-0.39, 0.29) is 30.6 Å². The van der Waals surface area contributed by atoms with Crippen molar-refractivity contribution in [3.63, 3.8) is 0 Å². The van der Waals surface area contributed by atoms with E-state index in [2.05, 4.69) is 5.32 Å². The molecule has 2 aromatic rings. The Morgan fingerprint density at radius 3 is 2.47 bits per heavy atom. The third-order valence-corrected chi connectivity index (χ3v) is 6.14. The van der Waals surface area contributed by atoms with Crippen molar-refractivity contribution < 1.29 is 23.5 Å². The van der Waals surface area contributed by atoms with Gasteiger partial charge in [-0.2, -0.15) is 0 Å². The number of amides is 2. The maximum atomic E-state index is 13.3. The average molecular weight is 412 g/mol. The highest BCUT2D eigenvalue weighted by Gasteiger charge is 2.43. The number of hydrogen-bond acceptors (Lipinski definition) is 4. The summed E-state index contributed by atoms with van der Waals surface area (Å²) >= 11 is 0. The van der Waals surface area contributed by atoms with Gasteiger partial charge in [-0.3, -0.25) is 9.59 Å². The molecule has 1 atom stereocenters. The van der Waals surface area contributed by atoms with E-state index < -0.39 is 11.5 Å². The molecule has 1 N–H and O–H groups in total. The van der Waals surface area contributed by atoms with Crippen LogP contribution in [0.25, 0.3) is 0 Å². The molecule has 1 heterocycles. The number of benzene rings is 2. The van der Waals surface area contributed by atoms with Gasteiger partial charge < -0.3 is 19.7 Å². The molecule has 1 saturated heterocycles.